The van der Waals surface area contributed by atoms with Crippen molar-refractivity contribution in [3.8, 4) is 0 Å². The van der Waals surface area contributed by atoms with Crippen LogP contribution in [0.2, 0.25) is 0 Å². The molecule has 1 aromatic rings. The first-order valence-corrected chi connectivity index (χ1v) is 4.83. The van der Waals surface area contributed by atoms with Crippen molar-refractivity contribution in [2.45, 2.75) is 19.1 Å². The number of nitrogens with one attached hydrogen (secondary N) is 1. The molecule has 1 heterocycles. The fraction of sp³-hybridized carbons (Fsp3) is 0.400. The van der Waals surface area contributed by atoms with Crippen LogP contribution in [0.3, 0.4) is 0 Å². The van der Waals surface area contributed by atoms with Gasteiger partial charge in [-0.1, -0.05) is 0 Å². The zero-order chi connectivity index (χ0) is 12.1. The highest BCUT2D eigenvalue weighted by molar-refractivity contribution is 5.72. The first-order chi connectivity index (χ1) is 7.52. The fourth-order valence-electron chi connectivity index (χ4n) is 1.22. The number of pyridine rings is 1. The van der Waals surface area contributed by atoms with Gasteiger partial charge >= 0.3 is 0 Å². The van der Waals surface area contributed by atoms with E-state index in [2.05, 4.69) is 10.3 Å². The average molecular weight is 225 g/mol. The first kappa shape index (κ1) is 12.4. The highest BCUT2D eigenvalue weighted by atomic mass is 16.3. The number of nitrogens with two attached hydrogens (primary N) is 1. The summed E-state index contributed by atoms with van der Waals surface area (Å²) in [5, 5.41) is 21.7. The van der Waals surface area contributed by atoms with Gasteiger partial charge in [0.05, 0.1) is 11.4 Å². The lowest BCUT2D eigenvalue weighted by atomic mass is 10.1. The van der Waals surface area contributed by atoms with Gasteiger partial charge in [0.15, 0.2) is 0 Å². The lowest BCUT2D eigenvalue weighted by Gasteiger charge is -2.18. The SMILES string of the molecule is CC(=O)NCC(O)C(O)c1ncccc1N. The van der Waals surface area contributed by atoms with Gasteiger partial charge in [0, 0.05) is 19.7 Å². The third kappa shape index (κ3) is 3.18. The number of anilines is 1. The molecular weight excluding hydrogens is 210 g/mol. The molecule has 0 radical (unpaired) electrons. The summed E-state index contributed by atoms with van der Waals surface area (Å²) >= 11 is 0. The minimum Gasteiger partial charge on any atom is -0.397 e. The molecule has 88 valence electrons. The van der Waals surface area contributed by atoms with E-state index in [1.54, 1.807) is 12.1 Å². The zero-order valence-corrected chi connectivity index (χ0v) is 8.92. The van der Waals surface area contributed by atoms with Crippen LogP contribution in [-0.2, 0) is 4.79 Å². The van der Waals surface area contributed by atoms with Gasteiger partial charge in [-0.2, -0.15) is 0 Å². The van der Waals surface area contributed by atoms with Crippen molar-refractivity contribution in [2.75, 3.05) is 12.3 Å². The average Bonchev–Trinajstić information content (AvgIpc) is 2.25. The molecule has 0 fully saturated rings. The Kier molecular flexibility index (Phi) is 4.21. The van der Waals surface area contributed by atoms with Crippen molar-refractivity contribution >= 4 is 11.6 Å². The Morgan fingerprint density at radius 1 is 1.62 bits per heavy atom. The largest absolute Gasteiger partial charge is 0.397 e. The summed E-state index contributed by atoms with van der Waals surface area (Å²) in [4.78, 5) is 14.5. The zero-order valence-electron chi connectivity index (χ0n) is 8.92. The van der Waals surface area contributed by atoms with Gasteiger partial charge in [-0.05, 0) is 12.1 Å². The van der Waals surface area contributed by atoms with Crippen LogP contribution in [0.5, 0.6) is 0 Å². The molecule has 1 rings (SSSR count). The number of aliphatic hydroxyl groups excluding tert-OH is 2. The molecule has 0 saturated heterocycles. The Hall–Kier alpha value is -1.66. The molecule has 0 aliphatic carbocycles. The highest BCUT2D eigenvalue weighted by Crippen LogP contribution is 2.19. The normalized spacial score (nSPS) is 14.2. The van der Waals surface area contributed by atoms with E-state index < -0.39 is 12.2 Å². The standard InChI is InChI=1S/C10H15N3O3/c1-6(14)13-5-8(15)10(16)9-7(11)3-2-4-12-9/h2-4,8,10,15-16H,5,11H2,1H3,(H,13,14). The third-order valence-electron chi connectivity index (χ3n) is 2.08. The fourth-order valence-corrected chi connectivity index (χ4v) is 1.22. The number of rotatable bonds is 4. The molecule has 16 heavy (non-hydrogen) atoms. The second kappa shape index (κ2) is 5.43. The maximum atomic E-state index is 10.6. The maximum absolute atomic E-state index is 10.6. The van der Waals surface area contributed by atoms with Crippen LogP contribution in [0.1, 0.15) is 18.7 Å². The lowest BCUT2D eigenvalue weighted by molar-refractivity contribution is -0.119. The summed E-state index contributed by atoms with van der Waals surface area (Å²) in [5.41, 5.74) is 6.11. The molecule has 0 aliphatic heterocycles. The molecule has 0 spiro atoms. The maximum Gasteiger partial charge on any atom is 0.216 e. The van der Waals surface area contributed by atoms with Crippen LogP contribution >= 0.6 is 0 Å². The minimum atomic E-state index is -1.21. The van der Waals surface area contributed by atoms with Crippen molar-refractivity contribution in [3.63, 3.8) is 0 Å². The topological polar surface area (TPSA) is 108 Å². The van der Waals surface area contributed by atoms with E-state index >= 15 is 0 Å². The van der Waals surface area contributed by atoms with E-state index in [0.29, 0.717) is 5.69 Å². The van der Waals surface area contributed by atoms with E-state index in [0.717, 1.165) is 0 Å². The molecule has 0 aromatic carbocycles. The highest BCUT2D eigenvalue weighted by Gasteiger charge is 2.21. The van der Waals surface area contributed by atoms with Crippen molar-refractivity contribution in [3.05, 3.63) is 24.0 Å². The van der Waals surface area contributed by atoms with Gasteiger partial charge in [0.25, 0.3) is 0 Å². The van der Waals surface area contributed by atoms with E-state index in [1.165, 1.54) is 13.1 Å². The van der Waals surface area contributed by atoms with Crippen LogP contribution in [0.25, 0.3) is 0 Å². The number of amides is 1. The number of nitrogen functional groups attached to an aromatic ring is 1. The van der Waals surface area contributed by atoms with Gasteiger partial charge in [0.1, 0.15) is 12.2 Å². The predicted octanol–water partition coefficient (Wildman–Crippen LogP) is -0.806. The molecule has 0 bridgehead atoms. The van der Waals surface area contributed by atoms with Crippen LogP contribution in [-0.4, -0.2) is 33.8 Å². The predicted molar refractivity (Wildman–Crippen MR) is 58.3 cm³/mol. The molecule has 0 aliphatic rings. The molecule has 6 nitrogen and oxygen atoms in total. The molecule has 6 heteroatoms. The molecular formula is C10H15N3O3. The van der Waals surface area contributed by atoms with E-state index in [9.17, 15) is 15.0 Å². The number of nitrogens with zero attached hydrogens (tertiary/aromatic N) is 1. The van der Waals surface area contributed by atoms with Crippen LogP contribution in [0.15, 0.2) is 18.3 Å². The molecule has 5 N–H and O–H groups in total. The monoisotopic (exact) mass is 225 g/mol. The Bertz CT molecular complexity index is 370. The smallest absolute Gasteiger partial charge is 0.216 e. The molecule has 0 saturated carbocycles. The molecule has 1 aromatic heterocycles. The summed E-state index contributed by atoms with van der Waals surface area (Å²) in [5.74, 6) is -0.278. The van der Waals surface area contributed by atoms with Crippen LogP contribution in [0.4, 0.5) is 5.69 Å². The second-order valence-corrected chi connectivity index (χ2v) is 3.43. The summed E-state index contributed by atoms with van der Waals surface area (Å²) in [6.45, 7) is 1.28. The Morgan fingerprint density at radius 2 is 2.31 bits per heavy atom. The summed E-state index contributed by atoms with van der Waals surface area (Å²) in [6.07, 6.45) is -0.880. The van der Waals surface area contributed by atoms with Crippen LogP contribution < -0.4 is 11.1 Å². The number of aromatic nitrogens is 1. The van der Waals surface area contributed by atoms with Gasteiger partial charge < -0.3 is 21.3 Å². The lowest BCUT2D eigenvalue weighted by Crippen LogP contribution is -2.34. The van der Waals surface area contributed by atoms with Crippen molar-refractivity contribution in [1.29, 1.82) is 0 Å². The molecule has 2 unspecified atom stereocenters. The van der Waals surface area contributed by atoms with Crippen LogP contribution in [0, 0.1) is 0 Å². The Balaban J connectivity index is 2.66. The minimum absolute atomic E-state index is 0.0491. The number of carbonyl (C=O) groups excluding carboxylic acids is 1. The van der Waals surface area contributed by atoms with Crippen molar-refractivity contribution < 1.29 is 15.0 Å². The summed E-state index contributed by atoms with van der Waals surface area (Å²) in [7, 11) is 0. The Morgan fingerprint density at radius 3 is 2.88 bits per heavy atom. The van der Waals surface area contributed by atoms with E-state index in [1.807, 2.05) is 0 Å². The number of carbonyl (C=O) groups is 1. The molecule has 2 atom stereocenters. The Labute approximate surface area is 93.1 Å². The first-order valence-electron chi connectivity index (χ1n) is 4.83. The molecule has 1 amide bonds. The summed E-state index contributed by atoms with van der Waals surface area (Å²) in [6, 6.07) is 3.21. The number of hydrogen-bond donors (Lipinski definition) is 4. The van der Waals surface area contributed by atoms with Gasteiger partial charge in [-0.3, -0.25) is 9.78 Å². The number of aliphatic hydroxyl groups is 2. The third-order valence-corrected chi connectivity index (χ3v) is 2.08. The van der Waals surface area contributed by atoms with E-state index in [4.69, 9.17) is 5.73 Å². The van der Waals surface area contributed by atoms with Crippen molar-refractivity contribution in [2.24, 2.45) is 0 Å². The van der Waals surface area contributed by atoms with Gasteiger partial charge in [-0.15, -0.1) is 0 Å². The summed E-state index contributed by atoms with van der Waals surface area (Å²) < 4.78 is 0. The van der Waals surface area contributed by atoms with Crippen molar-refractivity contribution in [1.82, 2.24) is 10.3 Å². The second-order valence-electron chi connectivity index (χ2n) is 3.43. The number of hydrogen-bond acceptors (Lipinski definition) is 5. The van der Waals surface area contributed by atoms with E-state index in [-0.39, 0.29) is 18.1 Å². The quantitative estimate of drug-likeness (QED) is 0.536. The van der Waals surface area contributed by atoms with Gasteiger partial charge in [-0.25, -0.2) is 0 Å². The van der Waals surface area contributed by atoms with Gasteiger partial charge in [0.2, 0.25) is 5.91 Å².